The van der Waals surface area contributed by atoms with Gasteiger partial charge in [-0.2, -0.15) is 0 Å². The summed E-state index contributed by atoms with van der Waals surface area (Å²) in [4.78, 5) is 42.4. The summed E-state index contributed by atoms with van der Waals surface area (Å²) in [6, 6.07) is 7.11. The van der Waals surface area contributed by atoms with E-state index in [1.54, 1.807) is 22.8 Å². The van der Waals surface area contributed by atoms with Crippen LogP contribution in [0.1, 0.15) is 18.2 Å². The van der Waals surface area contributed by atoms with Crippen LogP contribution in [0.3, 0.4) is 0 Å². The van der Waals surface area contributed by atoms with Crippen LogP contribution >= 0.6 is 19.6 Å². The highest BCUT2D eigenvalue weighted by atomic mass is 32.2. The van der Waals surface area contributed by atoms with Gasteiger partial charge in [0.25, 0.3) is 0 Å². The minimum Gasteiger partial charge on any atom is -0.481 e. The maximum Gasteiger partial charge on any atom is 0.469 e. The standard InChI is InChI=1S/C18H19N4O8PS/c23-12-6-14(30-13(12)7-29-31(26,27)28)22-9-21-16-17(22)19-8-20-18(16)32-11-3-1-2-10(4-11)5-15(24)25/h1-4,8-9,12-14,23H,5-7H2,(H,24,25)(H2,26,27,28)/t12-,13-,14-/m1/s1. The molecule has 14 heteroatoms. The molecule has 1 aliphatic rings. The predicted molar refractivity (Wildman–Crippen MR) is 110 cm³/mol. The molecule has 1 aliphatic heterocycles. The fourth-order valence-electron chi connectivity index (χ4n) is 3.33. The molecule has 4 N–H and O–H groups in total. The summed E-state index contributed by atoms with van der Waals surface area (Å²) in [5, 5.41) is 19.7. The third-order valence-corrected chi connectivity index (χ3v) is 6.18. The lowest BCUT2D eigenvalue weighted by molar-refractivity contribution is -0.136. The minimum absolute atomic E-state index is 0.0869. The van der Waals surface area contributed by atoms with E-state index in [4.69, 9.17) is 19.6 Å². The van der Waals surface area contributed by atoms with Crippen LogP contribution in [0.25, 0.3) is 11.2 Å². The number of carboxylic acid groups (broad SMARTS) is 1. The fraction of sp³-hybridized carbons (Fsp3) is 0.333. The summed E-state index contributed by atoms with van der Waals surface area (Å²) in [5.74, 6) is -0.918. The SMILES string of the molecule is O=C(O)Cc1cccc(Sc2ncnc3c2ncn3[C@H]2C[C@@H](O)[C@@H](COP(=O)(O)O)O2)c1. The number of carboxylic acids is 1. The van der Waals surface area contributed by atoms with E-state index in [9.17, 15) is 14.5 Å². The van der Waals surface area contributed by atoms with Gasteiger partial charge in [0.05, 0.1) is 25.5 Å². The number of imidazole rings is 1. The molecule has 0 radical (unpaired) electrons. The van der Waals surface area contributed by atoms with Gasteiger partial charge >= 0.3 is 13.8 Å². The van der Waals surface area contributed by atoms with E-state index in [1.807, 2.05) is 6.07 Å². The quantitative estimate of drug-likeness (QED) is 0.268. The smallest absolute Gasteiger partial charge is 0.469 e. The summed E-state index contributed by atoms with van der Waals surface area (Å²) >= 11 is 1.31. The number of fused-ring (bicyclic) bond motifs is 1. The van der Waals surface area contributed by atoms with Gasteiger partial charge in [-0.05, 0) is 17.7 Å². The first-order valence-corrected chi connectivity index (χ1v) is 11.7. The molecule has 0 amide bonds. The Kier molecular flexibility index (Phi) is 6.58. The fourth-order valence-corrected chi connectivity index (χ4v) is 4.59. The highest BCUT2D eigenvalue weighted by Crippen LogP contribution is 2.39. The molecule has 12 nitrogen and oxygen atoms in total. The Labute approximate surface area is 185 Å². The van der Waals surface area contributed by atoms with E-state index in [1.165, 1.54) is 24.4 Å². The molecule has 1 fully saturated rings. The van der Waals surface area contributed by atoms with E-state index < -0.39 is 38.8 Å². The number of rotatable bonds is 8. The molecular weight excluding hydrogens is 463 g/mol. The van der Waals surface area contributed by atoms with Crippen LogP contribution in [0, 0.1) is 0 Å². The molecule has 0 spiro atoms. The van der Waals surface area contributed by atoms with Crippen LogP contribution in [0.2, 0.25) is 0 Å². The molecule has 0 saturated carbocycles. The maximum atomic E-state index is 11.0. The molecule has 32 heavy (non-hydrogen) atoms. The molecule has 170 valence electrons. The third kappa shape index (κ3) is 5.33. The second-order valence-corrected chi connectivity index (χ2v) is 9.34. The van der Waals surface area contributed by atoms with Crippen molar-refractivity contribution in [2.45, 2.75) is 41.2 Å². The number of aliphatic carboxylic acids is 1. The lowest BCUT2D eigenvalue weighted by Crippen LogP contribution is -2.25. The van der Waals surface area contributed by atoms with Crippen molar-refractivity contribution in [3.05, 3.63) is 42.5 Å². The molecule has 0 bridgehead atoms. The molecule has 3 heterocycles. The van der Waals surface area contributed by atoms with E-state index in [2.05, 4.69) is 19.5 Å². The molecule has 4 rings (SSSR count). The highest BCUT2D eigenvalue weighted by molar-refractivity contribution is 7.99. The Morgan fingerprint density at radius 2 is 2.12 bits per heavy atom. The zero-order valence-electron chi connectivity index (χ0n) is 16.4. The van der Waals surface area contributed by atoms with Gasteiger partial charge in [-0.15, -0.1) is 0 Å². The van der Waals surface area contributed by atoms with Crippen molar-refractivity contribution >= 4 is 36.7 Å². The number of hydrogen-bond acceptors (Lipinski definition) is 9. The monoisotopic (exact) mass is 482 g/mol. The van der Waals surface area contributed by atoms with Gasteiger partial charge in [0.1, 0.15) is 29.2 Å². The molecule has 0 unspecified atom stereocenters. The van der Waals surface area contributed by atoms with Crippen LogP contribution in [0.15, 0.2) is 46.8 Å². The van der Waals surface area contributed by atoms with Gasteiger partial charge in [0.15, 0.2) is 5.65 Å². The topological polar surface area (TPSA) is 177 Å². The summed E-state index contributed by atoms with van der Waals surface area (Å²) in [7, 11) is -4.68. The maximum absolute atomic E-state index is 11.0. The second-order valence-electron chi connectivity index (χ2n) is 7.04. The number of aliphatic hydroxyl groups excluding tert-OH is 1. The van der Waals surface area contributed by atoms with E-state index in [0.29, 0.717) is 21.8 Å². The van der Waals surface area contributed by atoms with Gasteiger partial charge in [-0.1, -0.05) is 23.9 Å². The van der Waals surface area contributed by atoms with Gasteiger partial charge in [0.2, 0.25) is 0 Å². The largest absolute Gasteiger partial charge is 0.481 e. The van der Waals surface area contributed by atoms with Crippen LogP contribution in [0.4, 0.5) is 0 Å². The van der Waals surface area contributed by atoms with Crippen LogP contribution in [-0.4, -0.2) is 64.3 Å². The van der Waals surface area contributed by atoms with Crippen LogP contribution in [-0.2, 0) is 25.0 Å². The number of benzene rings is 1. The Bertz CT molecular complexity index is 1180. The number of hydrogen-bond donors (Lipinski definition) is 4. The first-order valence-electron chi connectivity index (χ1n) is 9.39. The van der Waals surface area contributed by atoms with Crippen molar-refractivity contribution in [1.82, 2.24) is 19.5 Å². The van der Waals surface area contributed by atoms with E-state index >= 15 is 0 Å². The molecule has 3 atom stereocenters. The van der Waals surface area contributed by atoms with E-state index in [-0.39, 0.29) is 12.8 Å². The zero-order chi connectivity index (χ0) is 22.9. The van der Waals surface area contributed by atoms with Crippen molar-refractivity contribution in [1.29, 1.82) is 0 Å². The minimum atomic E-state index is -4.68. The third-order valence-electron chi connectivity index (χ3n) is 4.71. The van der Waals surface area contributed by atoms with Crippen molar-refractivity contribution in [3.8, 4) is 0 Å². The Morgan fingerprint density at radius 1 is 1.31 bits per heavy atom. The number of ether oxygens (including phenoxy) is 1. The summed E-state index contributed by atoms with van der Waals surface area (Å²) in [6.45, 7) is -0.461. The van der Waals surface area contributed by atoms with Gasteiger partial charge in [-0.25, -0.2) is 19.5 Å². The number of phosphoric acid groups is 1. The average molecular weight is 482 g/mol. The van der Waals surface area contributed by atoms with Crippen LogP contribution in [0.5, 0.6) is 0 Å². The van der Waals surface area contributed by atoms with Crippen molar-refractivity contribution in [2.24, 2.45) is 0 Å². The summed E-state index contributed by atoms with van der Waals surface area (Å²) in [5.41, 5.74) is 1.61. The number of nitrogens with zero attached hydrogens (tertiary/aromatic N) is 4. The molecular formula is C18H19N4O8PS. The average Bonchev–Trinajstić information content (AvgIpc) is 3.29. The molecule has 3 aromatic rings. The number of phosphoric ester groups is 1. The van der Waals surface area contributed by atoms with Gasteiger partial charge < -0.3 is 24.7 Å². The number of aliphatic hydroxyl groups is 1. The first kappa shape index (κ1) is 22.8. The van der Waals surface area contributed by atoms with E-state index in [0.717, 1.165) is 4.90 Å². The Morgan fingerprint density at radius 3 is 2.88 bits per heavy atom. The molecule has 1 saturated heterocycles. The van der Waals surface area contributed by atoms with Gasteiger partial charge in [-0.3, -0.25) is 13.9 Å². The molecule has 1 aromatic carbocycles. The second kappa shape index (κ2) is 9.24. The Hall–Kier alpha value is -2.38. The molecule has 2 aromatic heterocycles. The highest BCUT2D eigenvalue weighted by Gasteiger charge is 2.37. The van der Waals surface area contributed by atoms with Crippen molar-refractivity contribution < 1.29 is 38.6 Å². The zero-order valence-corrected chi connectivity index (χ0v) is 18.1. The van der Waals surface area contributed by atoms with Crippen molar-refractivity contribution in [2.75, 3.05) is 6.61 Å². The summed E-state index contributed by atoms with van der Waals surface area (Å²) in [6.07, 6.45) is 0.361. The normalized spacial score (nSPS) is 21.3. The van der Waals surface area contributed by atoms with Gasteiger partial charge in [0, 0.05) is 11.3 Å². The first-order chi connectivity index (χ1) is 15.2. The predicted octanol–water partition coefficient (Wildman–Crippen LogP) is 1.36. The van der Waals surface area contributed by atoms with Crippen molar-refractivity contribution in [3.63, 3.8) is 0 Å². The number of carbonyl (C=O) groups is 1. The lowest BCUT2D eigenvalue weighted by atomic mass is 10.2. The summed E-state index contributed by atoms with van der Waals surface area (Å²) < 4.78 is 22.7. The number of aromatic nitrogens is 4. The molecule has 0 aliphatic carbocycles. The van der Waals surface area contributed by atoms with Crippen LogP contribution < -0.4 is 0 Å². The Balaban J connectivity index is 1.54. The lowest BCUT2D eigenvalue weighted by Gasteiger charge is -2.16.